The van der Waals surface area contributed by atoms with Crippen LogP contribution in [0.2, 0.25) is 0 Å². The molecule has 1 amide bonds. The summed E-state index contributed by atoms with van der Waals surface area (Å²) in [4.78, 5) is 23.9. The van der Waals surface area contributed by atoms with Crippen LogP contribution in [0.25, 0.3) is 0 Å². The summed E-state index contributed by atoms with van der Waals surface area (Å²) in [7, 11) is 1.69. The van der Waals surface area contributed by atoms with Gasteiger partial charge in [0, 0.05) is 36.6 Å². The van der Waals surface area contributed by atoms with Crippen molar-refractivity contribution in [3.63, 3.8) is 0 Å². The summed E-state index contributed by atoms with van der Waals surface area (Å²) in [5.74, 6) is 1.01. The summed E-state index contributed by atoms with van der Waals surface area (Å²) in [6, 6.07) is 18.0. The highest BCUT2D eigenvalue weighted by atomic mass is 16.5. The molecule has 1 fully saturated rings. The van der Waals surface area contributed by atoms with Gasteiger partial charge in [-0.1, -0.05) is 30.3 Å². The normalized spacial score (nSPS) is 16.0. The fourth-order valence-corrected chi connectivity index (χ4v) is 3.98. The van der Waals surface area contributed by atoms with Crippen molar-refractivity contribution in [2.45, 2.75) is 31.7 Å². The topological polar surface area (TPSA) is 55.3 Å². The zero-order valence-corrected chi connectivity index (χ0v) is 16.6. The molecule has 3 aromatic rings. The van der Waals surface area contributed by atoms with E-state index in [0.717, 1.165) is 47.7 Å². The summed E-state index contributed by atoms with van der Waals surface area (Å²) >= 11 is 0. The zero-order chi connectivity index (χ0) is 20.1. The Morgan fingerprint density at radius 3 is 2.86 bits per heavy atom. The van der Waals surface area contributed by atoms with Crippen LogP contribution in [0.5, 0.6) is 5.75 Å². The first-order valence-corrected chi connectivity index (χ1v) is 10.0. The number of ether oxygens (including phenoxy) is 1. The van der Waals surface area contributed by atoms with Gasteiger partial charge in [-0.2, -0.15) is 0 Å². The number of likely N-dealkylation sites (tertiary alicyclic amines) is 1. The minimum absolute atomic E-state index is 0.0387. The molecule has 29 heavy (non-hydrogen) atoms. The van der Waals surface area contributed by atoms with E-state index in [1.807, 2.05) is 53.4 Å². The van der Waals surface area contributed by atoms with Crippen molar-refractivity contribution in [1.82, 2.24) is 14.9 Å². The SMILES string of the molecule is COc1ccccc1Cc1cccc(C2CCCN2C(=O)Cc2cccnc2)n1. The summed E-state index contributed by atoms with van der Waals surface area (Å²) in [5.41, 5.74) is 4.00. The predicted octanol–water partition coefficient (Wildman–Crippen LogP) is 3.98. The molecule has 1 aliphatic heterocycles. The number of hydrogen-bond donors (Lipinski definition) is 0. The molecule has 2 aromatic heterocycles. The second-order valence-electron chi connectivity index (χ2n) is 7.33. The lowest BCUT2D eigenvalue weighted by molar-refractivity contribution is -0.131. The predicted molar refractivity (Wildman–Crippen MR) is 112 cm³/mol. The third kappa shape index (κ3) is 4.45. The van der Waals surface area contributed by atoms with Gasteiger partial charge < -0.3 is 9.64 Å². The van der Waals surface area contributed by atoms with Crippen LogP contribution in [-0.2, 0) is 17.6 Å². The largest absolute Gasteiger partial charge is 0.496 e. The zero-order valence-electron chi connectivity index (χ0n) is 16.6. The van der Waals surface area contributed by atoms with Crippen LogP contribution in [0.1, 0.15) is 41.4 Å². The van der Waals surface area contributed by atoms with Gasteiger partial charge in [0.25, 0.3) is 0 Å². The van der Waals surface area contributed by atoms with Gasteiger partial charge in [-0.05, 0) is 42.7 Å². The van der Waals surface area contributed by atoms with E-state index in [-0.39, 0.29) is 11.9 Å². The average molecular weight is 387 g/mol. The third-order valence-electron chi connectivity index (χ3n) is 5.39. The number of nitrogens with zero attached hydrogens (tertiary/aromatic N) is 3. The van der Waals surface area contributed by atoms with Gasteiger partial charge >= 0.3 is 0 Å². The maximum Gasteiger partial charge on any atom is 0.227 e. The van der Waals surface area contributed by atoms with E-state index in [4.69, 9.17) is 9.72 Å². The second kappa shape index (κ2) is 8.86. The molecule has 0 spiro atoms. The highest BCUT2D eigenvalue weighted by Crippen LogP contribution is 2.32. The number of carbonyl (C=O) groups excluding carboxylic acids is 1. The molecule has 0 bridgehead atoms. The van der Waals surface area contributed by atoms with Crippen LogP contribution in [0.3, 0.4) is 0 Å². The van der Waals surface area contributed by atoms with Crippen molar-refractivity contribution < 1.29 is 9.53 Å². The minimum Gasteiger partial charge on any atom is -0.496 e. The van der Waals surface area contributed by atoms with Gasteiger partial charge in [-0.25, -0.2) is 0 Å². The lowest BCUT2D eigenvalue weighted by atomic mass is 10.1. The van der Waals surface area contributed by atoms with Crippen molar-refractivity contribution in [1.29, 1.82) is 0 Å². The van der Waals surface area contributed by atoms with Crippen LogP contribution in [0.15, 0.2) is 67.0 Å². The molecular weight excluding hydrogens is 362 g/mol. The van der Waals surface area contributed by atoms with Gasteiger partial charge in [0.05, 0.1) is 25.3 Å². The molecule has 5 nitrogen and oxygen atoms in total. The highest BCUT2D eigenvalue weighted by Gasteiger charge is 2.30. The number of carbonyl (C=O) groups is 1. The van der Waals surface area contributed by atoms with E-state index in [1.54, 1.807) is 19.5 Å². The summed E-state index contributed by atoms with van der Waals surface area (Å²) in [5, 5.41) is 0. The van der Waals surface area contributed by atoms with Crippen molar-refractivity contribution in [2.75, 3.05) is 13.7 Å². The van der Waals surface area contributed by atoms with E-state index in [0.29, 0.717) is 12.8 Å². The molecule has 1 aliphatic rings. The lowest BCUT2D eigenvalue weighted by Crippen LogP contribution is -2.32. The standard InChI is InChI=1S/C24H25N3O2/c1-29-23-12-3-2-8-19(23)16-20-9-4-10-21(26-20)22-11-6-14-27(22)24(28)15-18-7-5-13-25-17-18/h2-5,7-10,12-13,17,22H,6,11,14-16H2,1H3. The highest BCUT2D eigenvalue weighted by molar-refractivity contribution is 5.79. The maximum absolute atomic E-state index is 12.9. The fraction of sp³-hybridized carbons (Fsp3) is 0.292. The smallest absolute Gasteiger partial charge is 0.227 e. The Morgan fingerprint density at radius 1 is 1.14 bits per heavy atom. The molecule has 3 heterocycles. The summed E-state index contributed by atoms with van der Waals surface area (Å²) < 4.78 is 5.47. The van der Waals surface area contributed by atoms with Crippen LogP contribution in [-0.4, -0.2) is 34.4 Å². The van der Waals surface area contributed by atoms with E-state index in [1.165, 1.54) is 0 Å². The quantitative estimate of drug-likeness (QED) is 0.642. The molecule has 1 saturated heterocycles. The first-order valence-electron chi connectivity index (χ1n) is 10.0. The molecule has 0 saturated carbocycles. The maximum atomic E-state index is 12.9. The Balaban J connectivity index is 1.51. The molecule has 0 aliphatic carbocycles. The Kier molecular flexibility index (Phi) is 5.84. The molecule has 0 N–H and O–H groups in total. The average Bonchev–Trinajstić information content (AvgIpc) is 3.25. The van der Waals surface area contributed by atoms with E-state index >= 15 is 0 Å². The number of amides is 1. The lowest BCUT2D eigenvalue weighted by Gasteiger charge is -2.25. The third-order valence-corrected chi connectivity index (χ3v) is 5.39. The Labute approximate surface area is 171 Å². The van der Waals surface area contributed by atoms with Gasteiger partial charge in [0.1, 0.15) is 5.75 Å². The first-order chi connectivity index (χ1) is 14.2. The van der Waals surface area contributed by atoms with Gasteiger partial charge in [0.15, 0.2) is 0 Å². The fourth-order valence-electron chi connectivity index (χ4n) is 3.98. The van der Waals surface area contributed by atoms with Crippen LogP contribution in [0, 0.1) is 0 Å². The van der Waals surface area contributed by atoms with Gasteiger partial charge in [-0.15, -0.1) is 0 Å². The van der Waals surface area contributed by atoms with Crippen molar-refractivity contribution in [3.05, 3.63) is 89.5 Å². The van der Waals surface area contributed by atoms with Crippen LogP contribution < -0.4 is 4.74 Å². The molecule has 5 heteroatoms. The van der Waals surface area contributed by atoms with E-state index < -0.39 is 0 Å². The number of pyridine rings is 2. The minimum atomic E-state index is 0.0387. The second-order valence-corrected chi connectivity index (χ2v) is 7.33. The molecule has 4 rings (SSSR count). The van der Waals surface area contributed by atoms with Crippen molar-refractivity contribution in [2.24, 2.45) is 0 Å². The monoisotopic (exact) mass is 387 g/mol. The number of methoxy groups -OCH3 is 1. The van der Waals surface area contributed by atoms with Crippen LogP contribution in [0.4, 0.5) is 0 Å². The summed E-state index contributed by atoms with van der Waals surface area (Å²) in [6.07, 6.45) is 6.52. The number of para-hydroxylation sites is 1. The first kappa shape index (κ1) is 19.1. The molecule has 1 unspecified atom stereocenters. The Morgan fingerprint density at radius 2 is 2.03 bits per heavy atom. The molecular formula is C24H25N3O2. The number of hydrogen-bond acceptors (Lipinski definition) is 4. The summed E-state index contributed by atoms with van der Waals surface area (Å²) in [6.45, 7) is 0.780. The number of rotatable bonds is 6. The molecule has 1 atom stereocenters. The number of benzene rings is 1. The van der Waals surface area contributed by atoms with Gasteiger partial charge in [-0.3, -0.25) is 14.8 Å². The molecule has 1 aromatic carbocycles. The van der Waals surface area contributed by atoms with E-state index in [9.17, 15) is 4.79 Å². The van der Waals surface area contributed by atoms with E-state index in [2.05, 4.69) is 11.1 Å². The van der Waals surface area contributed by atoms with Gasteiger partial charge in [0.2, 0.25) is 5.91 Å². The Bertz CT molecular complexity index is 975. The molecule has 0 radical (unpaired) electrons. The number of aromatic nitrogens is 2. The van der Waals surface area contributed by atoms with Crippen molar-refractivity contribution >= 4 is 5.91 Å². The Hall–Kier alpha value is -3.21. The molecule has 148 valence electrons. The van der Waals surface area contributed by atoms with Crippen molar-refractivity contribution in [3.8, 4) is 5.75 Å². The van der Waals surface area contributed by atoms with Crippen LogP contribution >= 0.6 is 0 Å².